The first-order chi connectivity index (χ1) is 8.67. The first-order valence-corrected chi connectivity index (χ1v) is 6.40. The molecular weight excluding hydrogens is 246 g/mol. The molecule has 2 N–H and O–H groups in total. The summed E-state index contributed by atoms with van der Waals surface area (Å²) in [6.45, 7) is 2.58. The maximum atomic E-state index is 6.15. The van der Waals surface area contributed by atoms with Gasteiger partial charge >= 0.3 is 0 Å². The third-order valence-electron chi connectivity index (χ3n) is 2.92. The number of imidazole rings is 1. The molecular formula is C14H16ClN3. The van der Waals surface area contributed by atoms with E-state index in [-0.39, 0.29) is 6.04 Å². The van der Waals surface area contributed by atoms with Gasteiger partial charge < -0.3 is 10.3 Å². The van der Waals surface area contributed by atoms with E-state index < -0.39 is 0 Å². The smallest absolute Gasteiger partial charge is 0.127 e. The fourth-order valence-electron chi connectivity index (χ4n) is 2.10. The molecule has 0 saturated carbocycles. The van der Waals surface area contributed by atoms with Gasteiger partial charge in [0.15, 0.2) is 0 Å². The van der Waals surface area contributed by atoms with E-state index in [1.807, 2.05) is 22.8 Å². The summed E-state index contributed by atoms with van der Waals surface area (Å²) in [5.74, 6) is 3.49. The zero-order valence-corrected chi connectivity index (χ0v) is 11.1. The predicted molar refractivity (Wildman–Crippen MR) is 75.4 cm³/mol. The van der Waals surface area contributed by atoms with Crippen LogP contribution in [0.3, 0.4) is 0 Å². The van der Waals surface area contributed by atoms with Crippen LogP contribution < -0.4 is 5.73 Å². The summed E-state index contributed by atoms with van der Waals surface area (Å²) in [7, 11) is 0. The van der Waals surface area contributed by atoms with Crippen molar-refractivity contribution in [1.82, 2.24) is 9.55 Å². The summed E-state index contributed by atoms with van der Waals surface area (Å²) in [6, 6.07) is 5.53. The first-order valence-electron chi connectivity index (χ1n) is 6.02. The van der Waals surface area contributed by atoms with Crippen molar-refractivity contribution in [1.29, 1.82) is 0 Å². The Balaban J connectivity index is 2.57. The molecule has 0 aliphatic heterocycles. The zero-order chi connectivity index (χ0) is 13.1. The van der Waals surface area contributed by atoms with Gasteiger partial charge in [0, 0.05) is 5.02 Å². The van der Waals surface area contributed by atoms with Crippen LogP contribution in [0.15, 0.2) is 18.2 Å². The highest BCUT2D eigenvalue weighted by Gasteiger charge is 2.16. The quantitative estimate of drug-likeness (QED) is 0.860. The van der Waals surface area contributed by atoms with Gasteiger partial charge in [-0.2, -0.15) is 0 Å². The molecule has 0 aliphatic carbocycles. The minimum Gasteiger partial charge on any atom is -0.321 e. The highest BCUT2D eigenvalue weighted by atomic mass is 35.5. The Morgan fingerprint density at radius 1 is 1.56 bits per heavy atom. The van der Waals surface area contributed by atoms with Crippen LogP contribution in [-0.2, 0) is 6.54 Å². The molecule has 1 aromatic carbocycles. The van der Waals surface area contributed by atoms with E-state index in [4.69, 9.17) is 23.8 Å². The second-order valence-corrected chi connectivity index (χ2v) is 4.72. The van der Waals surface area contributed by atoms with Crippen LogP contribution in [0.4, 0.5) is 0 Å². The Morgan fingerprint density at radius 2 is 2.33 bits per heavy atom. The van der Waals surface area contributed by atoms with Gasteiger partial charge in [0.05, 0.1) is 23.6 Å². The summed E-state index contributed by atoms with van der Waals surface area (Å²) in [6.07, 6.45) is 7.32. The number of terminal acetylenes is 1. The first kappa shape index (κ1) is 12.9. The third-order valence-corrected chi connectivity index (χ3v) is 3.16. The van der Waals surface area contributed by atoms with Crippen molar-refractivity contribution in [2.45, 2.75) is 32.4 Å². The number of fused-ring (bicyclic) bond motifs is 1. The van der Waals surface area contributed by atoms with Crippen LogP contribution in [0.2, 0.25) is 5.02 Å². The van der Waals surface area contributed by atoms with Crippen LogP contribution in [0.5, 0.6) is 0 Å². The predicted octanol–water partition coefficient (Wildman–Crippen LogP) is 3.12. The van der Waals surface area contributed by atoms with Gasteiger partial charge in [-0.1, -0.05) is 30.9 Å². The molecule has 1 atom stereocenters. The maximum absolute atomic E-state index is 6.15. The van der Waals surface area contributed by atoms with E-state index in [2.05, 4.69) is 17.8 Å². The molecule has 1 aromatic heterocycles. The topological polar surface area (TPSA) is 43.8 Å². The second kappa shape index (κ2) is 5.43. The molecule has 0 aliphatic rings. The molecule has 4 heteroatoms. The minimum atomic E-state index is -0.0884. The summed E-state index contributed by atoms with van der Waals surface area (Å²) in [4.78, 5) is 4.57. The molecule has 1 unspecified atom stereocenters. The van der Waals surface area contributed by atoms with Crippen molar-refractivity contribution >= 4 is 22.6 Å². The Bertz CT molecular complexity index is 595. The average Bonchev–Trinajstić information content (AvgIpc) is 2.68. The molecule has 0 radical (unpaired) electrons. The van der Waals surface area contributed by atoms with Gasteiger partial charge in [0.1, 0.15) is 5.82 Å². The number of halogens is 1. The van der Waals surface area contributed by atoms with E-state index in [0.29, 0.717) is 11.6 Å². The largest absolute Gasteiger partial charge is 0.321 e. The molecule has 0 fully saturated rings. The molecule has 0 saturated heterocycles. The summed E-state index contributed by atoms with van der Waals surface area (Å²) in [5.41, 5.74) is 7.99. The zero-order valence-electron chi connectivity index (χ0n) is 10.4. The number of rotatable bonds is 4. The van der Waals surface area contributed by atoms with Crippen LogP contribution >= 0.6 is 11.6 Å². The van der Waals surface area contributed by atoms with Crippen LogP contribution in [-0.4, -0.2) is 9.55 Å². The third kappa shape index (κ3) is 2.35. The lowest BCUT2D eigenvalue weighted by Gasteiger charge is -2.11. The average molecular weight is 262 g/mol. The van der Waals surface area contributed by atoms with Gasteiger partial charge in [0.25, 0.3) is 0 Å². The molecule has 2 aromatic rings. The van der Waals surface area contributed by atoms with E-state index in [1.54, 1.807) is 0 Å². The van der Waals surface area contributed by atoms with Crippen LogP contribution in [0.1, 0.15) is 31.6 Å². The van der Waals surface area contributed by atoms with Gasteiger partial charge in [-0.15, -0.1) is 6.42 Å². The van der Waals surface area contributed by atoms with Crippen molar-refractivity contribution in [3.63, 3.8) is 0 Å². The molecule has 94 valence electrons. The van der Waals surface area contributed by atoms with E-state index in [0.717, 1.165) is 29.7 Å². The second-order valence-electron chi connectivity index (χ2n) is 4.29. The van der Waals surface area contributed by atoms with Crippen LogP contribution in [0, 0.1) is 12.3 Å². The fraction of sp³-hybridized carbons (Fsp3) is 0.357. The molecule has 0 amide bonds. The molecule has 3 nitrogen and oxygen atoms in total. The van der Waals surface area contributed by atoms with Crippen LogP contribution in [0.25, 0.3) is 11.0 Å². The maximum Gasteiger partial charge on any atom is 0.127 e. The number of nitrogens with two attached hydrogens (primary N) is 1. The Labute approximate surface area is 112 Å². The number of hydrogen-bond donors (Lipinski definition) is 1. The normalized spacial score (nSPS) is 12.6. The Kier molecular flexibility index (Phi) is 3.90. The molecule has 2 rings (SSSR count). The summed E-state index contributed by atoms with van der Waals surface area (Å²) < 4.78 is 1.99. The summed E-state index contributed by atoms with van der Waals surface area (Å²) in [5, 5.41) is 0.670. The van der Waals surface area contributed by atoms with Crippen molar-refractivity contribution in [2.75, 3.05) is 0 Å². The molecule has 18 heavy (non-hydrogen) atoms. The highest BCUT2D eigenvalue weighted by molar-refractivity contribution is 6.31. The molecule has 1 heterocycles. The fourth-order valence-corrected chi connectivity index (χ4v) is 2.27. The number of nitrogens with zero attached hydrogens (tertiary/aromatic N) is 2. The Hall–Kier alpha value is -1.50. The van der Waals surface area contributed by atoms with E-state index in [1.165, 1.54) is 0 Å². The Morgan fingerprint density at radius 3 is 3.00 bits per heavy atom. The van der Waals surface area contributed by atoms with Crippen molar-refractivity contribution in [2.24, 2.45) is 5.73 Å². The van der Waals surface area contributed by atoms with Crippen molar-refractivity contribution in [3.05, 3.63) is 29.0 Å². The monoisotopic (exact) mass is 261 g/mol. The van der Waals surface area contributed by atoms with Crippen molar-refractivity contribution < 1.29 is 0 Å². The lowest BCUT2D eigenvalue weighted by atomic mass is 10.2. The summed E-state index contributed by atoms with van der Waals surface area (Å²) >= 11 is 5.98. The minimum absolute atomic E-state index is 0.0884. The van der Waals surface area contributed by atoms with Crippen molar-refractivity contribution in [3.8, 4) is 12.3 Å². The number of benzene rings is 1. The molecule has 0 spiro atoms. The van der Waals surface area contributed by atoms with Gasteiger partial charge in [-0.05, 0) is 24.6 Å². The highest BCUT2D eigenvalue weighted by Crippen LogP contribution is 2.24. The SMILES string of the molecule is C#CCn1c(C(N)CCC)nc2cc(Cl)ccc21. The van der Waals surface area contributed by atoms with Gasteiger partial charge in [-0.25, -0.2) is 4.98 Å². The molecule has 0 bridgehead atoms. The number of aromatic nitrogens is 2. The standard InChI is InChI=1S/C14H16ClN3/c1-3-5-11(16)14-17-12-9-10(15)6-7-13(12)18(14)8-4-2/h2,6-7,9,11H,3,5,8,16H2,1H3. The van der Waals surface area contributed by atoms with E-state index in [9.17, 15) is 0 Å². The number of hydrogen-bond acceptors (Lipinski definition) is 2. The lowest BCUT2D eigenvalue weighted by molar-refractivity contribution is 0.576. The van der Waals surface area contributed by atoms with Gasteiger partial charge in [0.2, 0.25) is 0 Å². The van der Waals surface area contributed by atoms with E-state index >= 15 is 0 Å². The van der Waals surface area contributed by atoms with Gasteiger partial charge in [-0.3, -0.25) is 0 Å². The lowest BCUT2D eigenvalue weighted by Crippen LogP contribution is -2.16.